The summed E-state index contributed by atoms with van der Waals surface area (Å²) in [5.41, 5.74) is 2.66. The first-order valence-electron chi connectivity index (χ1n) is 5.45. The van der Waals surface area contributed by atoms with Crippen molar-refractivity contribution in [2.24, 2.45) is 0 Å². The van der Waals surface area contributed by atoms with Crippen molar-refractivity contribution < 1.29 is 10.0 Å². The average molecular weight is 216 g/mol. The molecule has 0 atom stereocenters. The molecule has 2 nitrogen and oxygen atoms in total. The lowest BCUT2D eigenvalue weighted by molar-refractivity contribution is 0.420. The molecule has 1 rings (SSSR count). The van der Waals surface area contributed by atoms with E-state index in [4.69, 9.17) is 0 Å². The van der Waals surface area contributed by atoms with E-state index in [0.29, 0.717) is 5.47 Å². The van der Waals surface area contributed by atoms with Gasteiger partial charge in [0.05, 0.1) is 0 Å². The van der Waals surface area contributed by atoms with Crippen LogP contribution in [0.2, 0.25) is 0 Å². The molecule has 0 amide bonds. The molecule has 0 fully saturated rings. The van der Waals surface area contributed by atoms with Crippen molar-refractivity contribution in [3.8, 4) is 0 Å². The van der Waals surface area contributed by atoms with Gasteiger partial charge >= 0.3 is 7.12 Å². The Morgan fingerprint density at radius 1 is 1.25 bits per heavy atom. The molecule has 0 heterocycles. The van der Waals surface area contributed by atoms with Crippen LogP contribution in [-0.4, -0.2) is 17.2 Å². The highest BCUT2D eigenvalue weighted by atomic mass is 16.4. The van der Waals surface area contributed by atoms with Gasteiger partial charge in [0, 0.05) is 0 Å². The van der Waals surface area contributed by atoms with E-state index in [9.17, 15) is 10.0 Å². The van der Waals surface area contributed by atoms with Gasteiger partial charge in [-0.2, -0.15) is 0 Å². The van der Waals surface area contributed by atoms with E-state index in [0.717, 1.165) is 17.6 Å². The topological polar surface area (TPSA) is 40.5 Å². The average Bonchev–Trinajstić information content (AvgIpc) is 2.29. The first-order chi connectivity index (χ1) is 7.65. The first kappa shape index (κ1) is 12.8. The van der Waals surface area contributed by atoms with Crippen LogP contribution in [0.25, 0.3) is 5.57 Å². The number of hydrogen-bond donors (Lipinski definition) is 2. The zero-order valence-electron chi connectivity index (χ0n) is 9.72. The van der Waals surface area contributed by atoms with Gasteiger partial charge in [0.15, 0.2) is 0 Å². The molecule has 0 bridgehead atoms. The SMILES string of the molecule is CC/C=C(\C=C(/C)c1ccccc1)B(O)O. The van der Waals surface area contributed by atoms with Gasteiger partial charge in [0.1, 0.15) is 0 Å². The molecule has 0 radical (unpaired) electrons. The summed E-state index contributed by atoms with van der Waals surface area (Å²) in [6, 6.07) is 9.88. The van der Waals surface area contributed by atoms with Crippen molar-refractivity contribution in [1.82, 2.24) is 0 Å². The molecule has 0 unspecified atom stereocenters. The summed E-state index contributed by atoms with van der Waals surface area (Å²) in [7, 11) is -1.40. The highest BCUT2D eigenvalue weighted by Crippen LogP contribution is 2.16. The van der Waals surface area contributed by atoms with Crippen molar-refractivity contribution in [3.63, 3.8) is 0 Å². The van der Waals surface area contributed by atoms with Crippen LogP contribution in [0, 0.1) is 0 Å². The Balaban J connectivity index is 2.95. The summed E-state index contributed by atoms with van der Waals surface area (Å²) in [4.78, 5) is 0. The van der Waals surface area contributed by atoms with E-state index in [1.807, 2.05) is 56.3 Å². The molecule has 0 aromatic heterocycles. The highest BCUT2D eigenvalue weighted by Gasteiger charge is 2.11. The Morgan fingerprint density at radius 3 is 2.38 bits per heavy atom. The largest absolute Gasteiger partial charge is 0.488 e. The molecular formula is C13H17BO2. The molecule has 0 saturated carbocycles. The fraction of sp³-hybridized carbons (Fsp3) is 0.231. The van der Waals surface area contributed by atoms with Crippen LogP contribution in [0.1, 0.15) is 25.8 Å². The molecule has 1 aromatic carbocycles. The van der Waals surface area contributed by atoms with Crippen LogP contribution in [-0.2, 0) is 0 Å². The molecule has 3 heteroatoms. The van der Waals surface area contributed by atoms with Crippen LogP contribution >= 0.6 is 0 Å². The fourth-order valence-electron chi connectivity index (χ4n) is 1.51. The van der Waals surface area contributed by atoms with E-state index >= 15 is 0 Å². The van der Waals surface area contributed by atoms with Gasteiger partial charge in [0.2, 0.25) is 0 Å². The molecule has 16 heavy (non-hydrogen) atoms. The number of rotatable bonds is 4. The maximum atomic E-state index is 9.18. The van der Waals surface area contributed by atoms with E-state index in [2.05, 4.69) is 0 Å². The minimum absolute atomic E-state index is 0.545. The van der Waals surface area contributed by atoms with E-state index in [-0.39, 0.29) is 0 Å². The van der Waals surface area contributed by atoms with Gasteiger partial charge in [-0.25, -0.2) is 0 Å². The van der Waals surface area contributed by atoms with E-state index in [1.54, 1.807) is 0 Å². The Bertz CT molecular complexity index is 380. The molecule has 0 saturated heterocycles. The summed E-state index contributed by atoms with van der Waals surface area (Å²) in [6.07, 6.45) is 4.41. The molecule has 1 aromatic rings. The van der Waals surface area contributed by atoms with Gasteiger partial charge in [-0.05, 0) is 30.0 Å². The van der Waals surface area contributed by atoms with Crippen LogP contribution < -0.4 is 0 Å². The highest BCUT2D eigenvalue weighted by molar-refractivity contribution is 6.52. The molecule has 0 aliphatic heterocycles. The zero-order valence-corrected chi connectivity index (χ0v) is 9.72. The van der Waals surface area contributed by atoms with Gasteiger partial charge in [-0.3, -0.25) is 0 Å². The van der Waals surface area contributed by atoms with Crippen molar-refractivity contribution in [3.05, 3.63) is 53.5 Å². The maximum absolute atomic E-state index is 9.18. The number of allylic oxidation sites excluding steroid dienone is 4. The lowest BCUT2D eigenvalue weighted by Crippen LogP contribution is -2.14. The molecule has 0 aliphatic carbocycles. The monoisotopic (exact) mass is 216 g/mol. The minimum atomic E-state index is -1.40. The molecule has 2 N–H and O–H groups in total. The Labute approximate surface area is 97.1 Å². The molecule has 84 valence electrons. The van der Waals surface area contributed by atoms with Crippen molar-refractivity contribution in [2.75, 3.05) is 0 Å². The lowest BCUT2D eigenvalue weighted by atomic mass is 9.77. The van der Waals surface area contributed by atoms with Gasteiger partial charge in [-0.15, -0.1) is 0 Å². The summed E-state index contributed by atoms with van der Waals surface area (Å²) >= 11 is 0. The lowest BCUT2D eigenvalue weighted by Gasteiger charge is -2.04. The van der Waals surface area contributed by atoms with Crippen LogP contribution in [0.3, 0.4) is 0 Å². The van der Waals surface area contributed by atoms with Crippen molar-refractivity contribution >= 4 is 12.7 Å². The van der Waals surface area contributed by atoms with Crippen LogP contribution in [0.5, 0.6) is 0 Å². The standard InChI is InChI=1S/C13H17BO2/c1-3-7-13(14(15)16)10-11(2)12-8-5-4-6-9-12/h4-10,15-16H,3H2,1-2H3/b11-10+,13-7+. The third kappa shape index (κ3) is 3.68. The summed E-state index contributed by atoms with van der Waals surface area (Å²) < 4.78 is 0. The predicted octanol–water partition coefficient (Wildman–Crippen LogP) is 2.44. The molecule has 0 aliphatic rings. The van der Waals surface area contributed by atoms with Crippen LogP contribution in [0.4, 0.5) is 0 Å². The smallest absolute Gasteiger partial charge is 0.423 e. The first-order valence-corrected chi connectivity index (χ1v) is 5.45. The Morgan fingerprint density at radius 2 is 1.88 bits per heavy atom. The van der Waals surface area contributed by atoms with E-state index < -0.39 is 7.12 Å². The molecule has 0 spiro atoms. The van der Waals surface area contributed by atoms with Gasteiger partial charge in [0.25, 0.3) is 0 Å². The normalized spacial score (nSPS) is 12.8. The van der Waals surface area contributed by atoms with Crippen molar-refractivity contribution in [2.45, 2.75) is 20.3 Å². The second kappa shape index (κ2) is 6.31. The quantitative estimate of drug-likeness (QED) is 0.599. The fourth-order valence-corrected chi connectivity index (χ4v) is 1.51. The summed E-state index contributed by atoms with van der Waals surface area (Å²) in [5.74, 6) is 0. The van der Waals surface area contributed by atoms with Crippen LogP contribution in [0.15, 0.2) is 48.0 Å². The third-order valence-corrected chi connectivity index (χ3v) is 2.35. The Hall–Kier alpha value is -1.32. The van der Waals surface area contributed by atoms with Gasteiger partial charge < -0.3 is 10.0 Å². The summed E-state index contributed by atoms with van der Waals surface area (Å²) in [5, 5.41) is 18.4. The Kier molecular flexibility index (Phi) is 5.03. The summed E-state index contributed by atoms with van der Waals surface area (Å²) in [6.45, 7) is 3.93. The predicted molar refractivity (Wildman–Crippen MR) is 68.7 cm³/mol. The second-order valence-corrected chi connectivity index (χ2v) is 3.68. The van der Waals surface area contributed by atoms with Gasteiger partial charge in [-0.1, -0.05) is 49.4 Å². The van der Waals surface area contributed by atoms with E-state index in [1.165, 1.54) is 0 Å². The molecular weight excluding hydrogens is 199 g/mol. The van der Waals surface area contributed by atoms with Crippen molar-refractivity contribution in [1.29, 1.82) is 0 Å². The maximum Gasteiger partial charge on any atom is 0.488 e. The number of benzene rings is 1. The number of hydrogen-bond acceptors (Lipinski definition) is 2. The zero-order chi connectivity index (χ0) is 12.0. The second-order valence-electron chi connectivity index (χ2n) is 3.68. The third-order valence-electron chi connectivity index (χ3n) is 2.35. The minimum Gasteiger partial charge on any atom is -0.423 e.